The van der Waals surface area contributed by atoms with Crippen LogP contribution in [0.4, 0.5) is 17.6 Å². The van der Waals surface area contributed by atoms with Gasteiger partial charge in [-0.3, -0.25) is 9.59 Å². The second-order valence-corrected chi connectivity index (χ2v) is 25.9. The lowest BCUT2D eigenvalue weighted by molar-refractivity contribution is -0.149. The number of carboxylic acids is 1. The first kappa shape index (κ1) is 53.7. The second kappa shape index (κ2) is 20.4. The van der Waals surface area contributed by atoms with Crippen LogP contribution in [0.5, 0.6) is 0 Å². The van der Waals surface area contributed by atoms with E-state index in [1.165, 1.54) is 8.61 Å². The maximum Gasteiger partial charge on any atom is 0.310 e. The molecule has 4 aliphatic rings. The summed E-state index contributed by atoms with van der Waals surface area (Å²) in [6.45, 7) is 16.1. The van der Waals surface area contributed by atoms with E-state index in [9.17, 15) is 49.1 Å². The van der Waals surface area contributed by atoms with Crippen molar-refractivity contribution in [3.8, 4) is 0 Å². The van der Waals surface area contributed by atoms with Crippen molar-refractivity contribution in [2.24, 2.45) is 23.7 Å². The van der Waals surface area contributed by atoms with Gasteiger partial charge in [-0.2, -0.15) is 8.61 Å². The Morgan fingerprint density at radius 2 is 1.04 bits per heavy atom. The molecule has 2 aliphatic heterocycles. The standard InChI is InChI=1S/C26H37F2N3O4S.C24H33F2N3O4S/c1-5-35-23(32)19-7-6-14-30(17-19)36(33,34)20-8-9-22-21(15-20)29-24(25(2,3)4)31(22)16-18-10-12-26(27,28)13-11-18;1-23(2,3)22-27-19-13-18(34(32,33)28-12-4-5-17(15-28)21(30)31)6-7-20(19)29(22)14-16-8-10-24(25,26)11-9-16/h8-9,15,18-19H,5-7,10-14,16-17H2,1-4H3;6-7,13,16-17H,4-5,8-12,14-15H2,1-3H3,(H,30,31)/t19-;17-/m00/s1. The van der Waals surface area contributed by atoms with Gasteiger partial charge in [-0.15, -0.1) is 0 Å². The van der Waals surface area contributed by atoms with Crippen molar-refractivity contribution in [2.45, 2.75) is 171 Å². The topological polar surface area (TPSA) is 174 Å². The lowest BCUT2D eigenvalue weighted by Gasteiger charge is -2.30. The molecule has 0 radical (unpaired) electrons. The third kappa shape index (κ3) is 12.0. The van der Waals surface area contributed by atoms with Gasteiger partial charge < -0.3 is 19.0 Å². The minimum Gasteiger partial charge on any atom is -0.481 e. The number of esters is 1. The Bertz CT molecular complexity index is 2760. The number of hydrogen-bond acceptors (Lipinski definition) is 9. The molecule has 2 atom stereocenters. The van der Waals surface area contributed by atoms with E-state index in [-0.39, 0.29) is 90.4 Å². The van der Waals surface area contributed by atoms with Gasteiger partial charge in [0.1, 0.15) is 11.6 Å². The summed E-state index contributed by atoms with van der Waals surface area (Å²) in [6, 6.07) is 9.79. The van der Waals surface area contributed by atoms with Crippen LogP contribution >= 0.6 is 0 Å². The first-order valence-electron chi connectivity index (χ1n) is 24.8. The Labute approximate surface area is 409 Å². The predicted octanol–water partition coefficient (Wildman–Crippen LogP) is 9.77. The SMILES string of the molecule is CC(C)(C)c1nc2cc(S(=O)(=O)N3CCC[C@H](C(=O)O)C3)ccc2n1CC1CCC(F)(F)CC1.CCOC(=O)[C@H]1CCCN(S(=O)(=O)c2ccc3c(c2)nc(C(C)(C)C)n3CC2CCC(F)(F)CC2)C1. The minimum absolute atomic E-state index is 0.0380. The average molecular weight is 1020 g/mol. The Morgan fingerprint density at radius 1 is 0.657 bits per heavy atom. The summed E-state index contributed by atoms with van der Waals surface area (Å²) < 4.78 is 120. The number of aromatic nitrogens is 4. The van der Waals surface area contributed by atoms with Gasteiger partial charge in [0.15, 0.2) is 0 Å². The number of imidazole rings is 2. The molecule has 14 nitrogen and oxygen atoms in total. The highest BCUT2D eigenvalue weighted by atomic mass is 32.2. The van der Waals surface area contributed by atoms with Crippen molar-refractivity contribution in [1.29, 1.82) is 0 Å². The van der Waals surface area contributed by atoms with Gasteiger partial charge >= 0.3 is 11.9 Å². The van der Waals surface area contributed by atoms with Crippen LogP contribution in [-0.4, -0.2) is 106 Å². The van der Waals surface area contributed by atoms with Gasteiger partial charge in [-0.25, -0.2) is 44.4 Å². The van der Waals surface area contributed by atoms with Crippen LogP contribution in [0.15, 0.2) is 46.2 Å². The highest BCUT2D eigenvalue weighted by molar-refractivity contribution is 7.89. The van der Waals surface area contributed by atoms with E-state index < -0.39 is 49.7 Å². The van der Waals surface area contributed by atoms with E-state index in [1.54, 1.807) is 43.3 Å². The smallest absolute Gasteiger partial charge is 0.310 e. The largest absolute Gasteiger partial charge is 0.481 e. The van der Waals surface area contributed by atoms with Crippen molar-refractivity contribution >= 4 is 54.1 Å². The van der Waals surface area contributed by atoms with Crippen molar-refractivity contribution in [3.63, 3.8) is 0 Å². The molecule has 2 aliphatic carbocycles. The highest BCUT2D eigenvalue weighted by Crippen LogP contribution is 2.40. The molecule has 2 saturated heterocycles. The van der Waals surface area contributed by atoms with Crippen molar-refractivity contribution in [3.05, 3.63) is 48.0 Å². The lowest BCUT2D eigenvalue weighted by atomic mass is 9.86. The maximum absolute atomic E-state index is 13.7. The number of halogens is 4. The van der Waals surface area contributed by atoms with E-state index in [0.717, 1.165) is 22.7 Å². The van der Waals surface area contributed by atoms with Crippen LogP contribution in [0.25, 0.3) is 22.1 Å². The van der Waals surface area contributed by atoms with Gasteiger partial charge in [-0.1, -0.05) is 41.5 Å². The molecule has 0 unspecified atom stereocenters. The zero-order valence-electron chi connectivity index (χ0n) is 41.5. The number of fused-ring (bicyclic) bond motifs is 2. The van der Waals surface area contributed by atoms with Crippen LogP contribution in [0, 0.1) is 23.7 Å². The minimum atomic E-state index is -3.86. The number of aliphatic carboxylic acids is 1. The van der Waals surface area contributed by atoms with Crippen LogP contribution < -0.4 is 0 Å². The van der Waals surface area contributed by atoms with Gasteiger partial charge in [0, 0.05) is 75.8 Å². The third-order valence-corrected chi connectivity index (χ3v) is 18.1. The molecule has 0 bridgehead atoms. The molecule has 70 heavy (non-hydrogen) atoms. The summed E-state index contributed by atoms with van der Waals surface area (Å²) in [5, 5.41) is 9.33. The number of nitrogens with zero attached hydrogens (tertiary/aromatic N) is 6. The summed E-state index contributed by atoms with van der Waals surface area (Å²) >= 11 is 0. The number of rotatable bonds is 11. The summed E-state index contributed by atoms with van der Waals surface area (Å²) in [5.41, 5.74) is 2.07. The monoisotopic (exact) mass is 1020 g/mol. The normalized spacial score (nSPS) is 22.4. The molecule has 4 fully saturated rings. The summed E-state index contributed by atoms with van der Waals surface area (Å²) in [7, 11) is -7.68. The number of sulfonamides is 2. The summed E-state index contributed by atoms with van der Waals surface area (Å²) in [5.74, 6) is -5.84. The molecule has 1 N–H and O–H groups in total. The average Bonchev–Trinajstić information content (AvgIpc) is 3.86. The van der Waals surface area contributed by atoms with Crippen LogP contribution in [0.3, 0.4) is 0 Å². The Hall–Kier alpha value is -4.14. The molecule has 2 aromatic heterocycles. The molecule has 4 aromatic rings. The van der Waals surface area contributed by atoms with Crippen molar-refractivity contribution in [1.82, 2.24) is 27.7 Å². The lowest BCUT2D eigenvalue weighted by Crippen LogP contribution is -2.42. The number of ether oxygens (including phenoxy) is 1. The summed E-state index contributed by atoms with van der Waals surface area (Å²) in [4.78, 5) is 33.4. The van der Waals surface area contributed by atoms with E-state index in [2.05, 4.69) is 9.13 Å². The predicted molar refractivity (Wildman–Crippen MR) is 258 cm³/mol. The van der Waals surface area contributed by atoms with E-state index in [1.807, 2.05) is 41.5 Å². The fourth-order valence-corrected chi connectivity index (χ4v) is 13.5. The highest BCUT2D eigenvalue weighted by Gasteiger charge is 2.39. The number of carbonyl (C=O) groups is 2. The first-order chi connectivity index (χ1) is 32.6. The molecule has 8 rings (SSSR count). The Morgan fingerprint density at radius 3 is 1.41 bits per heavy atom. The number of hydrogen-bond donors (Lipinski definition) is 1. The number of alkyl halides is 4. The van der Waals surface area contributed by atoms with Gasteiger partial charge in [0.05, 0.1) is 50.3 Å². The maximum atomic E-state index is 13.7. The third-order valence-electron chi connectivity index (χ3n) is 14.3. The molecular weight excluding hydrogens is 953 g/mol. The molecule has 20 heteroatoms. The Kier molecular flexibility index (Phi) is 15.6. The number of carbonyl (C=O) groups excluding carboxylic acids is 1. The number of carboxylic acid groups (broad SMARTS) is 1. The molecule has 4 heterocycles. The van der Waals surface area contributed by atoms with E-state index >= 15 is 0 Å². The van der Waals surface area contributed by atoms with Crippen LogP contribution in [0.1, 0.15) is 137 Å². The van der Waals surface area contributed by atoms with Crippen LogP contribution in [-0.2, 0) is 58.3 Å². The molecule has 2 aromatic carbocycles. The molecular formula is C50H70F4N6O8S2. The van der Waals surface area contributed by atoms with Gasteiger partial charge in [0.25, 0.3) is 0 Å². The van der Waals surface area contributed by atoms with E-state index in [4.69, 9.17) is 14.7 Å². The van der Waals surface area contributed by atoms with Crippen molar-refractivity contribution < 1.29 is 53.8 Å². The molecule has 2 saturated carbocycles. The quantitative estimate of drug-likeness (QED) is 0.113. The zero-order chi connectivity index (χ0) is 51.2. The molecule has 0 spiro atoms. The molecule has 388 valence electrons. The van der Waals surface area contributed by atoms with Gasteiger partial charge in [-0.05, 0) is 107 Å². The second-order valence-electron chi connectivity index (χ2n) is 22.0. The van der Waals surface area contributed by atoms with E-state index in [0.29, 0.717) is 82.0 Å². The fraction of sp³-hybridized carbons (Fsp3) is 0.680. The fourth-order valence-electron chi connectivity index (χ4n) is 10.4. The first-order valence-corrected chi connectivity index (χ1v) is 27.6. The number of piperidine rings is 2. The Balaban J connectivity index is 0.000000207. The van der Waals surface area contributed by atoms with Crippen LogP contribution in [0.2, 0.25) is 0 Å². The van der Waals surface area contributed by atoms with Gasteiger partial charge in [0.2, 0.25) is 31.9 Å². The number of benzene rings is 2. The zero-order valence-corrected chi connectivity index (χ0v) is 43.2. The van der Waals surface area contributed by atoms with Crippen molar-refractivity contribution in [2.75, 3.05) is 32.8 Å². The summed E-state index contributed by atoms with van der Waals surface area (Å²) in [6.07, 6.45) is 3.57. The molecule has 0 amide bonds.